The molecule has 1 aromatic heterocycles. The molecule has 0 atom stereocenters. The molecule has 3 aromatic carbocycles. The second-order valence-corrected chi connectivity index (χ2v) is 10.6. The number of rotatable bonds is 9. The summed E-state index contributed by atoms with van der Waals surface area (Å²) in [5.41, 5.74) is 14.5. The fourth-order valence-corrected chi connectivity index (χ4v) is 4.52. The van der Waals surface area contributed by atoms with Crippen molar-refractivity contribution in [3.8, 4) is 22.6 Å². The molecule has 41 heavy (non-hydrogen) atoms. The van der Waals surface area contributed by atoms with Crippen LogP contribution in [0.4, 0.5) is 26.1 Å². The zero-order valence-electron chi connectivity index (χ0n) is 21.3. The molecule has 0 radical (unpaired) electrons. The Bertz CT molecular complexity index is 1710. The lowest BCUT2D eigenvalue weighted by atomic mass is 10.0. The van der Waals surface area contributed by atoms with E-state index in [-0.39, 0.29) is 30.6 Å². The summed E-state index contributed by atoms with van der Waals surface area (Å²) in [6.07, 6.45) is 0. The molecule has 11 nitrogen and oxygen atoms in total. The normalized spacial score (nSPS) is 11.1. The van der Waals surface area contributed by atoms with Gasteiger partial charge >= 0.3 is 16.3 Å². The van der Waals surface area contributed by atoms with E-state index in [1.165, 1.54) is 19.2 Å². The molecule has 0 bridgehead atoms. The molecule has 0 saturated carbocycles. The van der Waals surface area contributed by atoms with Crippen LogP contribution in [-0.4, -0.2) is 31.5 Å². The van der Waals surface area contributed by atoms with Crippen LogP contribution in [-0.2, 0) is 23.4 Å². The van der Waals surface area contributed by atoms with Gasteiger partial charge in [0.05, 0.1) is 27.7 Å². The zero-order valence-corrected chi connectivity index (χ0v) is 23.6. The Morgan fingerprint density at radius 3 is 2.37 bits per heavy atom. The van der Waals surface area contributed by atoms with Crippen LogP contribution in [0.1, 0.15) is 11.3 Å². The number of ether oxygens (including phenoxy) is 2. The number of nitrogens with one attached hydrogen (secondary N) is 2. The number of carbonyl (C=O) groups is 1. The third-order valence-electron chi connectivity index (χ3n) is 5.68. The summed E-state index contributed by atoms with van der Waals surface area (Å²) in [5.74, 6) is 0.891. The summed E-state index contributed by atoms with van der Waals surface area (Å²) in [6.45, 7) is 0.0885. The molecule has 2 amide bonds. The smallest absolute Gasteiger partial charge is 0.332 e. The van der Waals surface area contributed by atoms with Crippen LogP contribution in [0.15, 0.2) is 65.6 Å². The van der Waals surface area contributed by atoms with E-state index < -0.39 is 21.1 Å². The van der Waals surface area contributed by atoms with Crippen LogP contribution in [0.2, 0.25) is 10.0 Å². The predicted molar refractivity (Wildman–Crippen MR) is 154 cm³/mol. The highest BCUT2D eigenvalue weighted by molar-refractivity contribution is 7.86. The summed E-state index contributed by atoms with van der Waals surface area (Å²) >= 11 is 12.2. The van der Waals surface area contributed by atoms with Crippen molar-refractivity contribution in [3.63, 3.8) is 0 Å². The maximum absolute atomic E-state index is 13.0. The van der Waals surface area contributed by atoms with Crippen molar-refractivity contribution in [3.05, 3.63) is 82.0 Å². The van der Waals surface area contributed by atoms with E-state index in [9.17, 15) is 17.1 Å². The lowest BCUT2D eigenvalue weighted by molar-refractivity contribution is 0.251. The highest BCUT2D eigenvalue weighted by atomic mass is 35.5. The Morgan fingerprint density at radius 1 is 0.976 bits per heavy atom. The van der Waals surface area contributed by atoms with E-state index in [2.05, 4.69) is 20.6 Å². The number of methoxy groups -OCH3 is 1. The molecule has 0 fully saturated rings. The molecule has 0 aliphatic carbocycles. The number of hydrogen-bond acceptors (Lipinski definition) is 9. The fraction of sp³-hybridized carbons (Fsp3) is 0.115. The number of benzene rings is 3. The van der Waals surface area contributed by atoms with Gasteiger partial charge < -0.3 is 31.6 Å². The van der Waals surface area contributed by atoms with Crippen molar-refractivity contribution in [2.24, 2.45) is 0 Å². The van der Waals surface area contributed by atoms with E-state index in [0.717, 1.165) is 12.1 Å². The Hall–Kier alpha value is -4.33. The summed E-state index contributed by atoms with van der Waals surface area (Å²) in [5, 5.41) is 5.91. The van der Waals surface area contributed by atoms with Gasteiger partial charge in [-0.15, -0.1) is 3.89 Å². The van der Waals surface area contributed by atoms with Gasteiger partial charge in [-0.05, 0) is 59.7 Å². The lowest BCUT2D eigenvalue weighted by Crippen LogP contribution is -2.28. The minimum Gasteiger partial charge on any atom is -0.493 e. The Balaban J connectivity index is 1.43. The van der Waals surface area contributed by atoms with Gasteiger partial charge in [-0.1, -0.05) is 35.3 Å². The molecule has 6 N–H and O–H groups in total. The number of carbonyl (C=O) groups excluding carboxylic acids is 1. The topological polar surface area (TPSA) is 172 Å². The van der Waals surface area contributed by atoms with Crippen molar-refractivity contribution < 1.29 is 26.6 Å². The van der Waals surface area contributed by atoms with Crippen molar-refractivity contribution in [1.29, 1.82) is 0 Å². The van der Waals surface area contributed by atoms with Crippen LogP contribution in [0, 0.1) is 0 Å². The molecule has 214 valence electrons. The predicted octanol–water partition coefficient (Wildman–Crippen LogP) is 5.18. The molecule has 4 aromatic rings. The highest BCUT2D eigenvalue weighted by Gasteiger charge is 2.17. The number of nitrogens with zero attached hydrogens (tertiary/aromatic N) is 2. The van der Waals surface area contributed by atoms with Gasteiger partial charge in [-0.25, -0.2) is 9.78 Å². The fourth-order valence-electron chi connectivity index (χ4n) is 3.76. The Morgan fingerprint density at radius 2 is 1.71 bits per heavy atom. The molecule has 4 rings (SSSR count). The number of nitrogen functional groups attached to an aromatic ring is 2. The SMILES string of the molecule is COc1cc(CNC(=O)Nc2ccc(S(=O)(=O)F)cc2)ccc1OCc1nc(N)nc(N)c1-c1ccc(Cl)c(Cl)c1. The summed E-state index contributed by atoms with van der Waals surface area (Å²) in [6, 6.07) is 14.1. The van der Waals surface area contributed by atoms with Crippen LogP contribution in [0.25, 0.3) is 11.1 Å². The molecular formula is C26H23Cl2FN6O5S. The number of anilines is 3. The molecule has 0 aliphatic heterocycles. The molecule has 15 heteroatoms. The zero-order chi connectivity index (χ0) is 29.7. The summed E-state index contributed by atoms with van der Waals surface area (Å²) in [4.78, 5) is 20.1. The number of halogens is 3. The highest BCUT2D eigenvalue weighted by Crippen LogP contribution is 2.35. The van der Waals surface area contributed by atoms with E-state index in [1.54, 1.807) is 36.4 Å². The van der Waals surface area contributed by atoms with Crippen molar-refractivity contribution in [2.75, 3.05) is 23.9 Å². The van der Waals surface area contributed by atoms with Crippen molar-refractivity contribution in [1.82, 2.24) is 15.3 Å². The maximum Gasteiger partial charge on any atom is 0.332 e. The molecule has 0 unspecified atom stereocenters. The van der Waals surface area contributed by atoms with E-state index in [0.29, 0.717) is 43.9 Å². The third-order valence-corrected chi connectivity index (χ3v) is 7.25. The number of hydrogen-bond donors (Lipinski definition) is 4. The quantitative estimate of drug-likeness (QED) is 0.184. The van der Waals surface area contributed by atoms with Gasteiger partial charge in [0.2, 0.25) is 5.95 Å². The van der Waals surface area contributed by atoms with Gasteiger partial charge in [0.1, 0.15) is 12.4 Å². The van der Waals surface area contributed by atoms with E-state index in [4.69, 9.17) is 44.1 Å². The largest absolute Gasteiger partial charge is 0.493 e. The monoisotopic (exact) mass is 620 g/mol. The average molecular weight is 621 g/mol. The van der Waals surface area contributed by atoms with Gasteiger partial charge in [0.15, 0.2) is 11.5 Å². The Labute approximate surface area is 244 Å². The summed E-state index contributed by atoms with van der Waals surface area (Å²) in [7, 11) is -3.36. The standard InChI is InChI=1S/C26H23Cl2FN6O5S/c1-39-22-10-14(12-32-26(36)33-16-4-6-17(7-5-16)41(29,37)38)2-9-21(22)40-13-20-23(24(30)35-25(31)34-20)15-3-8-18(27)19(28)11-15/h2-11H,12-13H2,1H3,(H2,32,33,36)(H4,30,31,34,35). The van der Waals surface area contributed by atoms with Crippen molar-refractivity contribution >= 4 is 56.9 Å². The maximum atomic E-state index is 13.0. The van der Waals surface area contributed by atoms with Gasteiger partial charge in [0, 0.05) is 17.8 Å². The lowest BCUT2D eigenvalue weighted by Gasteiger charge is -2.16. The van der Waals surface area contributed by atoms with Crippen LogP contribution >= 0.6 is 23.2 Å². The number of amides is 2. The molecular weight excluding hydrogens is 598 g/mol. The van der Waals surface area contributed by atoms with Crippen LogP contribution < -0.4 is 31.6 Å². The van der Waals surface area contributed by atoms with Crippen LogP contribution in [0.3, 0.4) is 0 Å². The van der Waals surface area contributed by atoms with Crippen molar-refractivity contribution in [2.45, 2.75) is 18.0 Å². The number of aromatic nitrogens is 2. The van der Waals surface area contributed by atoms with E-state index in [1.807, 2.05) is 0 Å². The average Bonchev–Trinajstić information content (AvgIpc) is 2.92. The first-order chi connectivity index (χ1) is 19.4. The Kier molecular flexibility index (Phi) is 9.01. The minimum atomic E-state index is -4.82. The minimum absolute atomic E-state index is 0.0278. The van der Waals surface area contributed by atoms with E-state index >= 15 is 0 Å². The molecule has 0 aliphatic rings. The van der Waals surface area contributed by atoms with Gasteiger partial charge in [-0.3, -0.25) is 0 Å². The molecule has 1 heterocycles. The number of nitrogens with two attached hydrogens (primary N) is 2. The second-order valence-electron chi connectivity index (χ2n) is 8.46. The first-order valence-electron chi connectivity index (χ1n) is 11.7. The number of urea groups is 1. The second kappa shape index (κ2) is 12.5. The first kappa shape index (κ1) is 29.6. The third kappa shape index (κ3) is 7.45. The molecule has 0 spiro atoms. The summed E-state index contributed by atoms with van der Waals surface area (Å²) < 4.78 is 46.3. The molecule has 0 saturated heterocycles. The van der Waals surface area contributed by atoms with Gasteiger partial charge in [-0.2, -0.15) is 13.4 Å². The van der Waals surface area contributed by atoms with Crippen LogP contribution in [0.5, 0.6) is 11.5 Å². The first-order valence-corrected chi connectivity index (χ1v) is 13.8. The van der Waals surface area contributed by atoms with Gasteiger partial charge in [0.25, 0.3) is 0 Å².